The molecule has 0 saturated carbocycles. The van der Waals surface area contributed by atoms with E-state index in [1.807, 2.05) is 57.5 Å². The predicted molar refractivity (Wildman–Crippen MR) is 97.1 cm³/mol. The maximum absolute atomic E-state index is 2.35. The van der Waals surface area contributed by atoms with E-state index in [0.717, 1.165) is 0 Å². The second-order valence-corrected chi connectivity index (χ2v) is 9.84. The molecule has 3 aromatic heterocycles. The van der Waals surface area contributed by atoms with Gasteiger partial charge in [-0.25, -0.2) is 0 Å². The summed E-state index contributed by atoms with van der Waals surface area (Å²) in [6, 6.07) is 0. The van der Waals surface area contributed by atoms with Crippen LogP contribution >= 0.6 is 57.5 Å². The Kier molecular flexibility index (Phi) is 4.80. The number of fused-ring (bicyclic) bond motifs is 3. The molecule has 0 amide bonds. The Hall–Kier alpha value is 0.320. The van der Waals surface area contributed by atoms with Gasteiger partial charge in [-0.3, -0.25) is 0 Å². The lowest BCUT2D eigenvalue weighted by molar-refractivity contribution is 1.11. The van der Waals surface area contributed by atoms with Crippen molar-refractivity contribution in [3.05, 3.63) is 10.8 Å². The quantitative estimate of drug-likeness (QED) is 0.434. The number of hydrogen-bond acceptors (Lipinski definition) is 5. The molecule has 0 bridgehead atoms. The summed E-state index contributed by atoms with van der Waals surface area (Å²) in [6.07, 6.45) is 2.50. The topological polar surface area (TPSA) is 0 Å². The minimum absolute atomic E-state index is 1.23. The first-order chi connectivity index (χ1) is 9.35. The fourth-order valence-corrected chi connectivity index (χ4v) is 8.10. The van der Waals surface area contributed by atoms with Crippen LogP contribution in [0.4, 0.5) is 0 Å². The molecule has 0 N–H and O–H groups in total. The van der Waals surface area contributed by atoms with E-state index in [1.54, 1.807) is 0 Å². The minimum Gasteiger partial charge on any atom is -0.135 e. The fourth-order valence-electron chi connectivity index (χ4n) is 1.91. The van der Waals surface area contributed by atoms with Crippen LogP contribution in [0.1, 0.15) is 26.7 Å². The Morgan fingerprint density at radius 3 is 1.74 bits per heavy atom. The van der Waals surface area contributed by atoms with E-state index >= 15 is 0 Å². The molecule has 0 nitrogen and oxygen atoms in total. The zero-order valence-corrected chi connectivity index (χ0v) is 15.1. The van der Waals surface area contributed by atoms with Gasteiger partial charge in [-0.05, 0) is 24.3 Å². The summed E-state index contributed by atoms with van der Waals surface area (Å²) in [5.41, 5.74) is 0. The number of thiophene rings is 3. The summed E-state index contributed by atoms with van der Waals surface area (Å²) in [5.74, 6) is 2.47. The molecular formula is C14H16S5. The van der Waals surface area contributed by atoms with E-state index in [1.165, 1.54) is 52.9 Å². The third-order valence-corrected chi connectivity index (χ3v) is 9.56. The summed E-state index contributed by atoms with van der Waals surface area (Å²) in [7, 11) is 0. The van der Waals surface area contributed by atoms with Gasteiger partial charge < -0.3 is 0 Å². The average molecular weight is 345 g/mol. The zero-order chi connectivity index (χ0) is 13.2. The molecule has 102 valence electrons. The van der Waals surface area contributed by atoms with E-state index in [0.29, 0.717) is 0 Å². The number of hydrogen-bond donors (Lipinski definition) is 0. The van der Waals surface area contributed by atoms with Gasteiger partial charge in [-0.15, -0.1) is 57.5 Å². The molecule has 19 heavy (non-hydrogen) atoms. The van der Waals surface area contributed by atoms with Gasteiger partial charge in [0.1, 0.15) is 0 Å². The van der Waals surface area contributed by atoms with E-state index in [2.05, 4.69) is 24.6 Å². The first kappa shape index (κ1) is 14.3. The van der Waals surface area contributed by atoms with Crippen molar-refractivity contribution >= 4 is 77.7 Å². The molecule has 3 aromatic rings. The summed E-state index contributed by atoms with van der Waals surface area (Å²) in [6.45, 7) is 4.51. The SMILES string of the molecule is CCCSc1scc2c1sc1c(SCCC)scc12. The highest BCUT2D eigenvalue weighted by Gasteiger charge is 2.15. The monoisotopic (exact) mass is 344 g/mol. The molecule has 0 aliphatic carbocycles. The molecule has 0 unspecified atom stereocenters. The third kappa shape index (κ3) is 2.72. The largest absolute Gasteiger partial charge is 0.135 e. The molecule has 3 rings (SSSR count). The normalized spacial score (nSPS) is 11.9. The van der Waals surface area contributed by atoms with Crippen LogP contribution < -0.4 is 0 Å². The fraction of sp³-hybridized carbons (Fsp3) is 0.429. The second kappa shape index (κ2) is 6.39. The van der Waals surface area contributed by atoms with Crippen molar-refractivity contribution < 1.29 is 0 Å². The molecule has 0 aliphatic heterocycles. The molecule has 5 heteroatoms. The lowest BCUT2D eigenvalue weighted by atomic mass is 10.3. The smallest absolute Gasteiger partial charge is 0.0777 e. The van der Waals surface area contributed by atoms with E-state index < -0.39 is 0 Å². The van der Waals surface area contributed by atoms with Gasteiger partial charge in [0.15, 0.2) is 0 Å². The molecule has 0 aliphatic rings. The number of thioether (sulfide) groups is 2. The minimum atomic E-state index is 1.23. The Morgan fingerprint density at radius 1 is 0.842 bits per heavy atom. The van der Waals surface area contributed by atoms with Crippen molar-refractivity contribution in [1.82, 2.24) is 0 Å². The standard InChI is InChI=1S/C14H16S5/c1-3-5-15-13-11-9(7-17-13)10-8-18-14(12(10)19-11)16-6-4-2/h7-8H,3-6H2,1-2H3. The second-order valence-electron chi connectivity index (χ2n) is 4.33. The van der Waals surface area contributed by atoms with Crippen LogP contribution in [0.25, 0.3) is 20.2 Å². The maximum Gasteiger partial charge on any atom is 0.0777 e. The molecule has 0 radical (unpaired) electrons. The van der Waals surface area contributed by atoms with Crippen molar-refractivity contribution in [1.29, 1.82) is 0 Å². The molecular weight excluding hydrogens is 328 g/mol. The Labute approximate surface area is 134 Å². The third-order valence-electron chi connectivity index (χ3n) is 2.80. The Balaban J connectivity index is 2.01. The van der Waals surface area contributed by atoms with Crippen molar-refractivity contribution in [2.45, 2.75) is 35.1 Å². The first-order valence-corrected chi connectivity index (χ1v) is 11.1. The van der Waals surface area contributed by atoms with Crippen molar-refractivity contribution in [2.24, 2.45) is 0 Å². The van der Waals surface area contributed by atoms with E-state index in [4.69, 9.17) is 0 Å². The van der Waals surface area contributed by atoms with Gasteiger partial charge in [0, 0.05) is 21.5 Å². The highest BCUT2D eigenvalue weighted by molar-refractivity contribution is 8.02. The van der Waals surface area contributed by atoms with Crippen LogP contribution in [0.5, 0.6) is 0 Å². The maximum atomic E-state index is 2.35. The van der Waals surface area contributed by atoms with Crippen LogP contribution in [-0.4, -0.2) is 11.5 Å². The van der Waals surface area contributed by atoms with Crippen molar-refractivity contribution in [2.75, 3.05) is 11.5 Å². The van der Waals surface area contributed by atoms with E-state index in [-0.39, 0.29) is 0 Å². The summed E-state index contributed by atoms with van der Waals surface area (Å²) in [5, 5.41) is 7.69. The lowest BCUT2D eigenvalue weighted by Gasteiger charge is -1.95. The van der Waals surface area contributed by atoms with Gasteiger partial charge in [-0.1, -0.05) is 13.8 Å². The molecule has 3 heterocycles. The van der Waals surface area contributed by atoms with Gasteiger partial charge in [0.05, 0.1) is 17.8 Å². The van der Waals surface area contributed by atoms with Gasteiger partial charge in [0.2, 0.25) is 0 Å². The molecule has 0 aromatic carbocycles. The first-order valence-electron chi connectivity index (χ1n) is 6.52. The van der Waals surface area contributed by atoms with Crippen molar-refractivity contribution in [3.63, 3.8) is 0 Å². The number of rotatable bonds is 6. The van der Waals surface area contributed by atoms with Crippen LogP contribution in [0.2, 0.25) is 0 Å². The van der Waals surface area contributed by atoms with Crippen LogP contribution in [-0.2, 0) is 0 Å². The average Bonchev–Trinajstić information content (AvgIpc) is 3.06. The molecule has 0 spiro atoms. The summed E-state index contributed by atoms with van der Waals surface area (Å²) < 4.78 is 6.10. The molecule has 0 saturated heterocycles. The predicted octanol–water partition coefficient (Wildman–Crippen LogP) is 7.18. The van der Waals surface area contributed by atoms with Gasteiger partial charge in [0.25, 0.3) is 0 Å². The van der Waals surface area contributed by atoms with E-state index in [9.17, 15) is 0 Å². The lowest BCUT2D eigenvalue weighted by Crippen LogP contribution is -1.70. The van der Waals surface area contributed by atoms with Crippen LogP contribution in [0.15, 0.2) is 19.2 Å². The summed E-state index contributed by atoms with van der Waals surface area (Å²) in [4.78, 5) is 0. The van der Waals surface area contributed by atoms with Gasteiger partial charge in [-0.2, -0.15) is 0 Å². The van der Waals surface area contributed by atoms with Gasteiger partial charge >= 0.3 is 0 Å². The Bertz CT molecular complexity index is 615. The molecule has 0 atom stereocenters. The molecule has 0 fully saturated rings. The van der Waals surface area contributed by atoms with Crippen LogP contribution in [0.3, 0.4) is 0 Å². The summed E-state index contributed by atoms with van der Waals surface area (Å²) >= 11 is 9.90. The zero-order valence-electron chi connectivity index (χ0n) is 11.0. The highest BCUT2D eigenvalue weighted by atomic mass is 32.2. The highest BCUT2D eigenvalue weighted by Crippen LogP contribution is 2.48. The Morgan fingerprint density at radius 2 is 1.32 bits per heavy atom. The van der Waals surface area contributed by atoms with Crippen LogP contribution in [0, 0.1) is 0 Å². The van der Waals surface area contributed by atoms with Crippen molar-refractivity contribution in [3.8, 4) is 0 Å².